The summed E-state index contributed by atoms with van der Waals surface area (Å²) in [6.07, 6.45) is 8.06. The normalized spacial score (nSPS) is 22.2. The number of rotatable bonds is 11. The fourth-order valence-electron chi connectivity index (χ4n) is 8.66. The molecule has 6 rings (SSSR count). The van der Waals surface area contributed by atoms with E-state index in [1.807, 2.05) is 23.4 Å². The van der Waals surface area contributed by atoms with Crippen molar-refractivity contribution in [3.63, 3.8) is 0 Å². The van der Waals surface area contributed by atoms with E-state index >= 15 is 4.39 Å². The number of sulfone groups is 1. The van der Waals surface area contributed by atoms with E-state index in [-0.39, 0.29) is 23.8 Å². The van der Waals surface area contributed by atoms with Crippen LogP contribution in [0.25, 0.3) is 0 Å². The lowest BCUT2D eigenvalue weighted by Crippen LogP contribution is -2.55. The largest absolute Gasteiger partial charge is 0.501 e. The molecule has 2 saturated heterocycles. The van der Waals surface area contributed by atoms with Gasteiger partial charge < -0.3 is 24.4 Å². The maximum atomic E-state index is 15.1. The molecule has 3 aliphatic rings. The minimum atomic E-state index is -5.38. The molecular formula is C36H45F4N5O4S. The summed E-state index contributed by atoms with van der Waals surface area (Å²) in [5.41, 5.74) is -4.24. The molecular weight excluding hydrogens is 674 g/mol. The van der Waals surface area contributed by atoms with Gasteiger partial charge in [0.2, 0.25) is 0 Å². The van der Waals surface area contributed by atoms with Gasteiger partial charge in [-0.1, -0.05) is 19.1 Å². The zero-order valence-electron chi connectivity index (χ0n) is 28.4. The van der Waals surface area contributed by atoms with Crippen molar-refractivity contribution in [1.82, 2.24) is 19.8 Å². The van der Waals surface area contributed by atoms with Crippen LogP contribution in [0.3, 0.4) is 0 Å². The average Bonchev–Trinajstić information content (AvgIpc) is 3.74. The Bertz CT molecular complexity index is 1740. The fourth-order valence-corrected chi connectivity index (χ4v) is 9.42. The van der Waals surface area contributed by atoms with Crippen LogP contribution in [-0.2, 0) is 33.0 Å². The van der Waals surface area contributed by atoms with E-state index in [0.717, 1.165) is 94.8 Å². The van der Waals surface area contributed by atoms with Crippen LogP contribution in [0.2, 0.25) is 0 Å². The SMILES string of the molecule is CCc1nccn1C[C@@](c1cccc(F)c1)(C1CCN(CC2CN(c3ccc(S(=O)(=O)C(F)(F)F)cc3)C2)CC1)[C@H]1CCC[C@@H]1OC(=O)NC. The molecule has 1 saturated carbocycles. The number of alkyl halides is 3. The van der Waals surface area contributed by atoms with Gasteiger partial charge in [0.15, 0.2) is 0 Å². The first-order chi connectivity index (χ1) is 23.8. The third-order valence-electron chi connectivity index (χ3n) is 11.1. The molecule has 272 valence electrons. The van der Waals surface area contributed by atoms with Gasteiger partial charge in [-0.3, -0.25) is 0 Å². The molecule has 0 spiro atoms. The maximum absolute atomic E-state index is 15.1. The van der Waals surface area contributed by atoms with Gasteiger partial charge in [-0.05, 0) is 93.1 Å². The molecule has 0 unspecified atom stereocenters. The Morgan fingerprint density at radius 2 is 1.76 bits per heavy atom. The molecule has 3 aromatic rings. The van der Waals surface area contributed by atoms with Gasteiger partial charge >= 0.3 is 11.6 Å². The number of nitrogens with zero attached hydrogens (tertiary/aromatic N) is 4. The predicted octanol–water partition coefficient (Wildman–Crippen LogP) is 6.19. The van der Waals surface area contributed by atoms with Crippen LogP contribution in [0, 0.1) is 23.6 Å². The number of likely N-dealkylation sites (tertiary alicyclic amines) is 1. The third-order valence-corrected chi connectivity index (χ3v) is 12.6. The summed E-state index contributed by atoms with van der Waals surface area (Å²) in [5.74, 6) is 1.17. The number of hydrogen-bond acceptors (Lipinski definition) is 7. The lowest BCUT2D eigenvalue weighted by atomic mass is 9.58. The van der Waals surface area contributed by atoms with Gasteiger partial charge in [-0.2, -0.15) is 13.2 Å². The molecule has 0 radical (unpaired) electrons. The molecule has 50 heavy (non-hydrogen) atoms. The van der Waals surface area contributed by atoms with Gasteiger partial charge in [0.25, 0.3) is 9.84 Å². The molecule has 9 nitrogen and oxygen atoms in total. The monoisotopic (exact) mass is 719 g/mol. The Hall–Kier alpha value is -3.65. The number of aryl methyl sites for hydroxylation is 1. The number of nitrogens with one attached hydrogen (secondary N) is 1. The second-order valence-corrected chi connectivity index (χ2v) is 15.8. The summed E-state index contributed by atoms with van der Waals surface area (Å²) in [6.45, 7) is 6.68. The molecule has 2 aliphatic heterocycles. The Morgan fingerprint density at radius 3 is 2.40 bits per heavy atom. The van der Waals surface area contributed by atoms with Crippen molar-refractivity contribution in [3.05, 3.63) is 78.1 Å². The number of ether oxygens (including phenoxy) is 1. The smallest absolute Gasteiger partial charge is 0.446 e. The molecule has 3 atom stereocenters. The van der Waals surface area contributed by atoms with Crippen molar-refractivity contribution in [1.29, 1.82) is 0 Å². The van der Waals surface area contributed by atoms with E-state index in [1.54, 1.807) is 19.2 Å². The van der Waals surface area contributed by atoms with E-state index in [2.05, 4.69) is 26.7 Å². The van der Waals surface area contributed by atoms with Crippen molar-refractivity contribution in [2.75, 3.05) is 44.7 Å². The highest BCUT2D eigenvalue weighted by Crippen LogP contribution is 2.52. The van der Waals surface area contributed by atoms with E-state index in [0.29, 0.717) is 18.2 Å². The standard InChI is InChI=1S/C36H45F4N5O4S/c1-3-33-42-16-19-44(33)24-35(27-6-4-7-28(37)20-27,31-8-5-9-32(31)49-34(46)41-2)26-14-17-43(18-15-26)21-25-22-45(23-25)29-10-12-30(13-11-29)50(47,48)36(38,39)40/h4,6-7,10-13,16,19-20,25-26,31-32H,3,5,8-9,14-15,17-18,21-24H2,1-2H3,(H,41,46)/t31-,32-,35-/m0/s1. The van der Waals surface area contributed by atoms with Crippen LogP contribution in [0.1, 0.15) is 50.4 Å². The lowest BCUT2D eigenvalue weighted by molar-refractivity contribution is -0.0436. The van der Waals surface area contributed by atoms with Crippen LogP contribution in [0.4, 0.5) is 28.0 Å². The molecule has 1 aliphatic carbocycles. The second-order valence-electron chi connectivity index (χ2n) is 13.9. The topological polar surface area (TPSA) is 96.8 Å². The van der Waals surface area contributed by atoms with Crippen molar-refractivity contribution >= 4 is 21.6 Å². The second kappa shape index (κ2) is 14.5. The predicted molar refractivity (Wildman–Crippen MR) is 181 cm³/mol. The molecule has 3 heterocycles. The van der Waals surface area contributed by atoms with Crippen LogP contribution < -0.4 is 10.2 Å². The van der Waals surface area contributed by atoms with Gasteiger partial charge in [0.05, 0.1) is 4.90 Å². The number of carbonyl (C=O) groups excluding carboxylic acids is 1. The number of hydrogen-bond donors (Lipinski definition) is 1. The molecule has 0 bridgehead atoms. The first-order valence-electron chi connectivity index (χ1n) is 17.4. The number of imidazole rings is 1. The maximum Gasteiger partial charge on any atom is 0.501 e. The number of piperidine rings is 1. The molecule has 1 N–H and O–H groups in total. The summed E-state index contributed by atoms with van der Waals surface area (Å²) in [7, 11) is -3.82. The molecule has 3 fully saturated rings. The van der Waals surface area contributed by atoms with Crippen molar-refractivity contribution < 1.29 is 35.5 Å². The van der Waals surface area contributed by atoms with Gasteiger partial charge in [-0.25, -0.2) is 22.6 Å². The molecule has 1 amide bonds. The number of halogens is 4. The summed E-state index contributed by atoms with van der Waals surface area (Å²) < 4.78 is 85.6. The summed E-state index contributed by atoms with van der Waals surface area (Å²) >= 11 is 0. The average molecular weight is 720 g/mol. The molecule has 1 aromatic heterocycles. The highest BCUT2D eigenvalue weighted by atomic mass is 32.2. The first-order valence-corrected chi connectivity index (χ1v) is 18.9. The highest BCUT2D eigenvalue weighted by molar-refractivity contribution is 7.92. The number of amides is 1. The van der Waals surface area contributed by atoms with Crippen LogP contribution in [-0.4, -0.2) is 80.3 Å². The van der Waals surface area contributed by atoms with Crippen molar-refractivity contribution in [3.8, 4) is 0 Å². The number of alkyl carbamates (subject to hydrolysis) is 1. The zero-order chi connectivity index (χ0) is 35.7. The number of aromatic nitrogens is 2. The van der Waals surface area contributed by atoms with Gasteiger partial charge in [0, 0.05) is 75.0 Å². The van der Waals surface area contributed by atoms with Crippen LogP contribution >= 0.6 is 0 Å². The van der Waals surface area contributed by atoms with Gasteiger partial charge in [0.1, 0.15) is 17.7 Å². The number of benzene rings is 2. The summed E-state index contributed by atoms with van der Waals surface area (Å²) in [6, 6.07) is 11.8. The van der Waals surface area contributed by atoms with Crippen LogP contribution in [0.15, 0.2) is 65.8 Å². The Kier molecular flexibility index (Phi) is 10.5. The Labute approximate surface area is 290 Å². The number of carbonyl (C=O) groups is 1. The summed E-state index contributed by atoms with van der Waals surface area (Å²) in [5, 5.41) is 2.61. The fraction of sp³-hybridized carbons (Fsp3) is 0.556. The van der Waals surface area contributed by atoms with E-state index in [4.69, 9.17) is 4.74 Å². The first kappa shape index (κ1) is 36.2. The third kappa shape index (κ3) is 7.10. The highest BCUT2D eigenvalue weighted by Gasteiger charge is 2.53. The van der Waals surface area contributed by atoms with Gasteiger partial charge in [-0.15, -0.1) is 0 Å². The zero-order valence-corrected chi connectivity index (χ0v) is 29.2. The molecule has 14 heteroatoms. The molecule has 2 aromatic carbocycles. The Morgan fingerprint density at radius 1 is 1.04 bits per heavy atom. The number of anilines is 1. The minimum Gasteiger partial charge on any atom is -0.446 e. The van der Waals surface area contributed by atoms with E-state index in [9.17, 15) is 26.4 Å². The van der Waals surface area contributed by atoms with Crippen molar-refractivity contribution in [2.24, 2.45) is 17.8 Å². The van der Waals surface area contributed by atoms with Crippen LogP contribution in [0.5, 0.6) is 0 Å². The van der Waals surface area contributed by atoms with Crippen molar-refractivity contribution in [2.45, 2.75) is 73.9 Å². The summed E-state index contributed by atoms with van der Waals surface area (Å²) in [4.78, 5) is 20.9. The van der Waals surface area contributed by atoms with E-state index in [1.165, 1.54) is 18.2 Å². The lowest BCUT2D eigenvalue weighted by Gasteiger charge is -2.51. The van der Waals surface area contributed by atoms with E-state index < -0.39 is 31.7 Å². The Balaban J connectivity index is 1.18. The minimum absolute atomic E-state index is 0.0250. The quantitative estimate of drug-likeness (QED) is 0.236.